The minimum Gasteiger partial charge on any atom is -0.402 e. The maximum Gasteiger partial charge on any atom is 0.329 e. The molecule has 2 atom stereocenters. The lowest BCUT2D eigenvalue weighted by Gasteiger charge is -2.39. The Kier molecular flexibility index (Phi) is 20.0. The summed E-state index contributed by atoms with van der Waals surface area (Å²) in [6.45, 7) is 16.5. The lowest BCUT2D eigenvalue weighted by molar-refractivity contribution is -0.115. The van der Waals surface area contributed by atoms with E-state index in [0.717, 1.165) is 37.3 Å². The molecule has 9 aromatic rings. The molecule has 3 saturated heterocycles. The SMILES string of the molecule is CCc1nc(Oc2nccc(C(=O)Nc3ccccc3)n2)nc(N2CCN(C)C(c3ccc(NC(=O)Cc4c(C)nc(Oc5nc(CC)nc(N6CCN(C)C(c7cccc(NC(=O)c8nccnc8Oc8nc(CC)nc(N9CCN(C)CC9)n8)c7)C6)n5)nc4C)cc3)C2)n1. The molecule has 0 spiro atoms. The van der Waals surface area contributed by atoms with E-state index >= 15 is 0 Å². The van der Waals surface area contributed by atoms with Crippen molar-refractivity contribution < 1.29 is 28.6 Å². The zero-order valence-electron chi connectivity index (χ0n) is 54.7. The van der Waals surface area contributed by atoms with Crippen LogP contribution in [0.25, 0.3) is 0 Å². The van der Waals surface area contributed by atoms with Gasteiger partial charge in [0.05, 0.1) is 18.5 Å². The minimum absolute atomic E-state index is 0.0147. The van der Waals surface area contributed by atoms with E-state index in [9.17, 15) is 14.4 Å². The number of ether oxygens (including phenoxy) is 3. The van der Waals surface area contributed by atoms with Gasteiger partial charge >= 0.3 is 30.1 Å². The van der Waals surface area contributed by atoms with E-state index in [1.54, 1.807) is 12.1 Å². The molecule has 30 nitrogen and oxygen atoms in total. The summed E-state index contributed by atoms with van der Waals surface area (Å²) in [5.41, 5.74) is 5.67. The van der Waals surface area contributed by atoms with Crippen LogP contribution in [0.4, 0.5) is 34.9 Å². The lowest BCUT2D eigenvalue weighted by Crippen LogP contribution is -2.47. The van der Waals surface area contributed by atoms with Crippen LogP contribution in [0.2, 0.25) is 0 Å². The molecule has 0 saturated carbocycles. The van der Waals surface area contributed by atoms with Gasteiger partial charge in [0, 0.05) is 137 Å². The average molecular weight is 1300 g/mol. The van der Waals surface area contributed by atoms with Crippen molar-refractivity contribution in [3.8, 4) is 35.9 Å². The Morgan fingerprint density at radius 1 is 0.458 bits per heavy atom. The second-order valence-corrected chi connectivity index (χ2v) is 23.4. The number of rotatable bonds is 21. The number of amides is 3. The van der Waals surface area contributed by atoms with Crippen LogP contribution >= 0.6 is 0 Å². The number of carbonyl (C=O) groups is 3. The van der Waals surface area contributed by atoms with E-state index in [2.05, 4.69) is 126 Å². The number of anilines is 6. The Hall–Kier alpha value is -11.0. The molecule has 494 valence electrons. The maximum absolute atomic E-state index is 14.0. The van der Waals surface area contributed by atoms with Crippen molar-refractivity contribution in [1.82, 2.24) is 89.5 Å². The van der Waals surface area contributed by atoms with Gasteiger partial charge in [0.2, 0.25) is 23.8 Å². The zero-order valence-corrected chi connectivity index (χ0v) is 54.7. The van der Waals surface area contributed by atoms with Crippen LogP contribution in [-0.2, 0) is 30.5 Å². The maximum atomic E-state index is 14.0. The monoisotopic (exact) mass is 1300 g/mol. The van der Waals surface area contributed by atoms with Gasteiger partial charge in [-0.15, -0.1) is 0 Å². The fraction of sp³-hybridized carbons (Fsp3) is 0.364. The molecule has 3 aliphatic heterocycles. The fourth-order valence-corrected chi connectivity index (χ4v) is 11.2. The molecular weight excluding hydrogens is 1220 g/mol. The highest BCUT2D eigenvalue weighted by molar-refractivity contribution is 6.04. The second-order valence-electron chi connectivity index (χ2n) is 23.4. The minimum atomic E-state index is -0.520. The van der Waals surface area contributed by atoms with Gasteiger partial charge in [-0.2, -0.15) is 59.8 Å². The van der Waals surface area contributed by atoms with E-state index in [0.29, 0.717) is 128 Å². The third kappa shape index (κ3) is 15.8. The molecule has 2 unspecified atom stereocenters. The number of benzene rings is 3. The van der Waals surface area contributed by atoms with Gasteiger partial charge in [0.1, 0.15) is 23.2 Å². The van der Waals surface area contributed by atoms with Crippen molar-refractivity contribution in [2.24, 2.45) is 0 Å². The number of carbonyl (C=O) groups excluding carboxylic acids is 3. The average Bonchev–Trinajstić information content (AvgIpc) is 0.817. The third-order valence-electron chi connectivity index (χ3n) is 16.7. The van der Waals surface area contributed by atoms with E-state index in [-0.39, 0.29) is 71.7 Å². The molecule has 3 fully saturated rings. The van der Waals surface area contributed by atoms with Crippen molar-refractivity contribution in [2.75, 3.05) is 117 Å². The molecule has 9 heterocycles. The molecule has 0 radical (unpaired) electrons. The Morgan fingerprint density at radius 3 is 1.59 bits per heavy atom. The number of aromatic nitrogens is 15. The molecule has 0 aliphatic carbocycles. The topological polar surface area (TPSA) is 328 Å². The van der Waals surface area contributed by atoms with Crippen LogP contribution in [0.15, 0.2) is 104 Å². The molecule has 3 N–H and O–H groups in total. The summed E-state index contributed by atoms with van der Waals surface area (Å²) in [6.07, 6.45) is 5.94. The first kappa shape index (κ1) is 65.1. The Morgan fingerprint density at radius 2 is 0.979 bits per heavy atom. The molecule has 30 heteroatoms. The van der Waals surface area contributed by atoms with Crippen molar-refractivity contribution in [3.63, 3.8) is 0 Å². The van der Waals surface area contributed by atoms with E-state index in [4.69, 9.17) is 29.2 Å². The summed E-state index contributed by atoms with van der Waals surface area (Å²) in [6, 6.07) is 25.9. The quantitative estimate of drug-likeness (QED) is 0.0672. The highest BCUT2D eigenvalue weighted by atomic mass is 16.5. The first-order valence-corrected chi connectivity index (χ1v) is 31.9. The zero-order chi connectivity index (χ0) is 66.8. The molecule has 3 amide bonds. The third-order valence-corrected chi connectivity index (χ3v) is 16.7. The van der Waals surface area contributed by atoms with Crippen LogP contribution in [0, 0.1) is 13.8 Å². The number of piperazine rings is 3. The van der Waals surface area contributed by atoms with Crippen LogP contribution < -0.4 is 44.9 Å². The predicted octanol–water partition coefficient (Wildman–Crippen LogP) is 6.72. The summed E-state index contributed by atoms with van der Waals surface area (Å²) in [7, 11) is 6.21. The smallest absolute Gasteiger partial charge is 0.329 e. The van der Waals surface area contributed by atoms with Crippen molar-refractivity contribution in [2.45, 2.75) is 72.4 Å². The summed E-state index contributed by atoms with van der Waals surface area (Å²) < 4.78 is 18.3. The molecule has 3 aromatic carbocycles. The van der Waals surface area contributed by atoms with Gasteiger partial charge in [-0.3, -0.25) is 24.2 Å². The predicted molar refractivity (Wildman–Crippen MR) is 356 cm³/mol. The number of likely N-dealkylation sites (N-methyl/N-ethyl adjacent to an activating group) is 3. The van der Waals surface area contributed by atoms with Crippen molar-refractivity contribution in [1.29, 1.82) is 0 Å². The summed E-state index contributed by atoms with van der Waals surface area (Å²) in [4.78, 5) is 122. The number of hydrogen-bond acceptors (Lipinski definition) is 27. The Bertz CT molecular complexity index is 4240. The number of para-hydroxylation sites is 1. The van der Waals surface area contributed by atoms with Crippen LogP contribution in [0.5, 0.6) is 35.9 Å². The van der Waals surface area contributed by atoms with Crippen LogP contribution in [-0.4, -0.2) is 194 Å². The lowest BCUT2D eigenvalue weighted by atomic mass is 10.0. The van der Waals surface area contributed by atoms with Gasteiger partial charge in [-0.25, -0.2) is 15.0 Å². The largest absolute Gasteiger partial charge is 0.402 e. The van der Waals surface area contributed by atoms with Crippen molar-refractivity contribution >= 4 is 52.6 Å². The van der Waals surface area contributed by atoms with Gasteiger partial charge in [-0.05, 0) is 88.6 Å². The number of nitrogens with zero attached hydrogens (tertiary/aromatic N) is 21. The number of aryl methyl sites for hydroxylation is 5. The molecule has 96 heavy (non-hydrogen) atoms. The molecule has 3 aliphatic rings. The first-order chi connectivity index (χ1) is 46.6. The Labute approximate surface area is 554 Å². The van der Waals surface area contributed by atoms with Crippen molar-refractivity contribution in [3.05, 3.63) is 160 Å². The number of hydrogen-bond donors (Lipinski definition) is 3. The number of nitrogens with one attached hydrogen (secondary N) is 3. The molecule has 12 rings (SSSR count). The second kappa shape index (κ2) is 29.5. The van der Waals surface area contributed by atoms with Gasteiger partial charge in [0.15, 0.2) is 5.69 Å². The Balaban J connectivity index is 0.657. The first-order valence-electron chi connectivity index (χ1n) is 31.9. The fourth-order valence-electron chi connectivity index (χ4n) is 11.2. The van der Waals surface area contributed by atoms with Crippen LogP contribution in [0.1, 0.15) is 99.4 Å². The summed E-state index contributed by atoms with van der Waals surface area (Å²) in [5, 5.41) is 8.87. The molecule has 6 aromatic heterocycles. The normalized spacial score (nSPS) is 16.2. The molecular formula is C66H74N24O6. The summed E-state index contributed by atoms with van der Waals surface area (Å²) in [5.74, 6) is 1.79. The standard InChI is InChI=1S/C66H74N24O6/c1-9-51-76-59(88-32-28-85(6)29-33-88)82-64(79-51)94-58-55(67-26-27-68-58)57(93)74-46-19-15-16-43(36-46)50-39-90(35-31-87(50)8)61-78-53(11-3)81-66(84-61)96-63-70-40(4)47(41(5)71-63)37-54(91)72-45-22-20-42(21-23-45)49-38-89(34-30-86(49)7)60-77-52(10-2)80-65(83-60)95-62-69-25-24-48(75-62)56(92)73-44-17-13-12-14-18-44/h12-27,36,49-50H,9-11,28-35,37-39H2,1-8H3,(H,72,91)(H,73,92)(H,74,93). The summed E-state index contributed by atoms with van der Waals surface area (Å²) >= 11 is 0. The van der Waals surface area contributed by atoms with Crippen LogP contribution in [0.3, 0.4) is 0 Å². The van der Waals surface area contributed by atoms with Gasteiger partial charge in [-0.1, -0.05) is 63.2 Å². The van der Waals surface area contributed by atoms with Gasteiger partial charge < -0.3 is 49.8 Å². The highest BCUT2D eigenvalue weighted by Gasteiger charge is 2.32. The van der Waals surface area contributed by atoms with E-state index in [1.165, 1.54) is 24.7 Å². The molecule has 0 bridgehead atoms. The highest BCUT2D eigenvalue weighted by Crippen LogP contribution is 2.32. The van der Waals surface area contributed by atoms with E-state index in [1.807, 2.05) is 101 Å². The van der Waals surface area contributed by atoms with Gasteiger partial charge in [0.25, 0.3) is 17.7 Å². The van der Waals surface area contributed by atoms with E-state index < -0.39 is 11.8 Å².